The van der Waals surface area contributed by atoms with E-state index in [-0.39, 0.29) is 17.0 Å². The van der Waals surface area contributed by atoms with Gasteiger partial charge < -0.3 is 5.32 Å². The van der Waals surface area contributed by atoms with Crippen LogP contribution in [-0.2, 0) is 26.7 Å². The minimum atomic E-state index is -3.58. The number of halogens is 3. The molecule has 1 amide bonds. The maximum absolute atomic E-state index is 13.9. The van der Waals surface area contributed by atoms with Crippen LogP contribution < -0.4 is 5.32 Å². The van der Waals surface area contributed by atoms with Gasteiger partial charge in [0.2, 0.25) is 15.9 Å². The van der Waals surface area contributed by atoms with Crippen molar-refractivity contribution in [1.29, 1.82) is 0 Å². The summed E-state index contributed by atoms with van der Waals surface area (Å²) < 4.78 is 66.5. The van der Waals surface area contributed by atoms with Crippen LogP contribution in [0.15, 0.2) is 71.8 Å². The number of hydrogen-bond donors (Lipinski definition) is 1. The van der Waals surface area contributed by atoms with Gasteiger partial charge in [0.05, 0.1) is 28.6 Å². The highest BCUT2D eigenvalue weighted by atomic mass is 32.2. The van der Waals surface area contributed by atoms with Crippen molar-refractivity contribution in [3.05, 3.63) is 89.5 Å². The Morgan fingerprint density at radius 3 is 2.11 bits per heavy atom. The second-order valence-electron chi connectivity index (χ2n) is 9.22. The van der Waals surface area contributed by atoms with Gasteiger partial charge in [-0.3, -0.25) is 14.6 Å². The average molecular weight is 532 g/mol. The molecular weight excluding hydrogens is 507 g/mol. The van der Waals surface area contributed by atoms with E-state index < -0.39 is 51.7 Å². The zero-order chi connectivity index (χ0) is 27.0. The Balaban J connectivity index is 1.44. The summed E-state index contributed by atoms with van der Waals surface area (Å²) in [7, 11) is -0.729. The number of Topliss-reactive ketones (excluding diaryl/α,β-unsaturated/α-hetero) is 1. The number of benzene rings is 2. The van der Waals surface area contributed by atoms with Crippen LogP contribution in [0.1, 0.15) is 34.5 Å². The summed E-state index contributed by atoms with van der Waals surface area (Å²) in [6.45, 7) is 0. The fraction of sp³-hybridized carbons (Fsp3) is 0.269. The highest BCUT2D eigenvalue weighted by Gasteiger charge is 2.61. The number of rotatable bonds is 8. The molecule has 0 bridgehead atoms. The minimum absolute atomic E-state index is 0.0360. The molecule has 1 aliphatic rings. The van der Waals surface area contributed by atoms with Crippen molar-refractivity contribution in [2.24, 2.45) is 0 Å². The van der Waals surface area contributed by atoms with E-state index >= 15 is 0 Å². The third-order valence-corrected chi connectivity index (χ3v) is 8.13. The lowest BCUT2D eigenvalue weighted by atomic mass is 9.59. The van der Waals surface area contributed by atoms with Crippen molar-refractivity contribution >= 4 is 27.4 Å². The Morgan fingerprint density at radius 2 is 1.59 bits per heavy atom. The van der Waals surface area contributed by atoms with Crippen LogP contribution in [0.3, 0.4) is 0 Å². The fourth-order valence-corrected chi connectivity index (χ4v) is 5.23. The molecule has 11 heteroatoms. The van der Waals surface area contributed by atoms with Crippen molar-refractivity contribution < 1.29 is 31.2 Å². The summed E-state index contributed by atoms with van der Waals surface area (Å²) in [4.78, 5) is 29.8. The smallest absolute Gasteiger partial charge is 0.250 e. The first kappa shape index (κ1) is 26.5. The number of nitrogens with zero attached hydrogens (tertiary/aromatic N) is 2. The topological polar surface area (TPSA) is 96.4 Å². The number of pyridine rings is 1. The Labute approximate surface area is 212 Å². The van der Waals surface area contributed by atoms with Gasteiger partial charge in [0.1, 0.15) is 11.5 Å². The SMILES string of the molecule is CN(C)S(=O)(=O)c1ccc(CC(=O)Nc2ccc(C(=O)C3(c4ccc(F)cc4)CC(F)(F)C3)nc2)cc1. The zero-order valence-corrected chi connectivity index (χ0v) is 20.9. The van der Waals surface area contributed by atoms with E-state index in [2.05, 4.69) is 10.3 Å². The quantitative estimate of drug-likeness (QED) is 0.440. The number of nitrogens with one attached hydrogen (secondary N) is 1. The van der Waals surface area contributed by atoms with Gasteiger partial charge >= 0.3 is 0 Å². The third kappa shape index (κ3) is 5.42. The van der Waals surface area contributed by atoms with E-state index in [0.717, 1.165) is 16.4 Å². The Hall–Kier alpha value is -3.57. The second-order valence-corrected chi connectivity index (χ2v) is 11.4. The van der Waals surface area contributed by atoms with E-state index in [1.165, 1.54) is 56.7 Å². The molecule has 1 fully saturated rings. The number of hydrogen-bond acceptors (Lipinski definition) is 5. The van der Waals surface area contributed by atoms with Crippen LogP contribution in [0.5, 0.6) is 0 Å². The predicted octanol–water partition coefficient (Wildman–Crippen LogP) is 4.20. The number of aromatic nitrogens is 1. The molecule has 7 nitrogen and oxygen atoms in total. The van der Waals surface area contributed by atoms with Crippen LogP contribution in [0.2, 0.25) is 0 Å². The molecule has 37 heavy (non-hydrogen) atoms. The van der Waals surface area contributed by atoms with E-state index in [9.17, 15) is 31.2 Å². The molecule has 1 saturated carbocycles. The third-order valence-electron chi connectivity index (χ3n) is 6.30. The molecule has 0 spiro atoms. The maximum atomic E-state index is 13.9. The van der Waals surface area contributed by atoms with E-state index in [4.69, 9.17) is 0 Å². The van der Waals surface area contributed by atoms with Crippen molar-refractivity contribution in [2.45, 2.75) is 35.5 Å². The van der Waals surface area contributed by atoms with Crippen molar-refractivity contribution in [3.8, 4) is 0 Å². The van der Waals surface area contributed by atoms with Gasteiger partial charge in [0, 0.05) is 26.9 Å². The van der Waals surface area contributed by atoms with Gasteiger partial charge in [-0.15, -0.1) is 0 Å². The average Bonchev–Trinajstić information content (AvgIpc) is 2.83. The van der Waals surface area contributed by atoms with Gasteiger partial charge in [-0.05, 0) is 47.5 Å². The summed E-state index contributed by atoms with van der Waals surface area (Å²) >= 11 is 0. The summed E-state index contributed by atoms with van der Waals surface area (Å²) in [5.41, 5.74) is -0.365. The molecule has 3 aromatic rings. The molecule has 4 rings (SSSR count). The predicted molar refractivity (Wildman–Crippen MR) is 130 cm³/mol. The van der Waals surface area contributed by atoms with Gasteiger partial charge in [0.25, 0.3) is 5.92 Å². The lowest BCUT2D eigenvalue weighted by molar-refractivity contribution is -0.115. The Morgan fingerprint density at radius 1 is 0.973 bits per heavy atom. The molecule has 1 N–H and O–H groups in total. The van der Waals surface area contributed by atoms with Crippen LogP contribution >= 0.6 is 0 Å². The van der Waals surface area contributed by atoms with Gasteiger partial charge in [-0.25, -0.2) is 25.9 Å². The summed E-state index contributed by atoms with van der Waals surface area (Å²) in [6, 6.07) is 13.6. The highest BCUT2D eigenvalue weighted by Crippen LogP contribution is 2.54. The second kappa shape index (κ2) is 9.71. The number of ketones is 1. The molecule has 1 aromatic heterocycles. The Bertz CT molecular complexity index is 1420. The van der Waals surface area contributed by atoms with Crippen LogP contribution in [-0.4, -0.2) is 49.4 Å². The van der Waals surface area contributed by atoms with Crippen molar-refractivity contribution in [3.63, 3.8) is 0 Å². The largest absolute Gasteiger partial charge is 0.324 e. The molecule has 0 radical (unpaired) electrons. The first-order chi connectivity index (χ1) is 17.3. The minimum Gasteiger partial charge on any atom is -0.324 e. The van der Waals surface area contributed by atoms with Crippen LogP contribution in [0.4, 0.5) is 18.9 Å². The summed E-state index contributed by atoms with van der Waals surface area (Å²) in [5.74, 6) is -4.54. The van der Waals surface area contributed by atoms with Crippen LogP contribution in [0.25, 0.3) is 0 Å². The van der Waals surface area contributed by atoms with E-state index in [1.807, 2.05) is 0 Å². The summed E-state index contributed by atoms with van der Waals surface area (Å²) in [5, 5.41) is 2.64. The van der Waals surface area contributed by atoms with Crippen molar-refractivity contribution in [2.75, 3.05) is 19.4 Å². The zero-order valence-electron chi connectivity index (χ0n) is 20.0. The van der Waals surface area contributed by atoms with Crippen LogP contribution in [0, 0.1) is 5.82 Å². The number of sulfonamides is 1. The monoisotopic (exact) mass is 531 g/mol. The number of amides is 1. The first-order valence-electron chi connectivity index (χ1n) is 11.3. The molecule has 1 heterocycles. The standard InChI is InChI=1S/C26H24F3N3O4S/c1-32(2)37(35,36)21-10-3-17(4-11-21)13-23(33)31-20-9-12-22(30-14-20)24(34)25(15-26(28,29)16-25)18-5-7-19(27)8-6-18/h3-12,14H,13,15-16H2,1-2H3,(H,31,33). The lowest BCUT2D eigenvalue weighted by Gasteiger charge is -2.46. The lowest BCUT2D eigenvalue weighted by Crippen LogP contribution is -2.54. The molecule has 1 aliphatic carbocycles. The molecular formula is C26H24F3N3O4S. The highest BCUT2D eigenvalue weighted by molar-refractivity contribution is 7.89. The Kier molecular flexibility index (Phi) is 6.95. The molecule has 0 saturated heterocycles. The molecule has 0 aliphatic heterocycles. The molecule has 194 valence electrons. The normalized spacial score (nSPS) is 16.2. The number of anilines is 1. The number of carbonyl (C=O) groups is 2. The molecule has 0 atom stereocenters. The van der Waals surface area contributed by atoms with Gasteiger partial charge in [-0.2, -0.15) is 0 Å². The summed E-state index contributed by atoms with van der Waals surface area (Å²) in [6.07, 6.45) is -0.169. The first-order valence-corrected chi connectivity index (χ1v) is 12.7. The van der Waals surface area contributed by atoms with Gasteiger partial charge in [-0.1, -0.05) is 24.3 Å². The number of alkyl halides is 2. The molecule has 2 aromatic carbocycles. The molecule has 0 unspecified atom stereocenters. The van der Waals surface area contributed by atoms with Gasteiger partial charge in [0.15, 0.2) is 5.78 Å². The maximum Gasteiger partial charge on any atom is 0.250 e. The number of carbonyl (C=O) groups excluding carboxylic acids is 2. The van der Waals surface area contributed by atoms with E-state index in [1.54, 1.807) is 12.1 Å². The fourth-order valence-electron chi connectivity index (χ4n) is 4.32. The van der Waals surface area contributed by atoms with Crippen molar-refractivity contribution in [1.82, 2.24) is 9.29 Å². The van der Waals surface area contributed by atoms with E-state index in [0.29, 0.717) is 16.8 Å².